The molecule has 2 rings (SSSR count). The summed E-state index contributed by atoms with van der Waals surface area (Å²) in [4.78, 5) is 28.0. The number of amides is 1. The van der Waals surface area contributed by atoms with Crippen molar-refractivity contribution in [2.24, 2.45) is 0 Å². The van der Waals surface area contributed by atoms with Gasteiger partial charge in [-0.1, -0.05) is 5.16 Å². The largest absolute Gasteiger partial charge is 0.481 e. The zero-order chi connectivity index (χ0) is 14.5. The second-order valence-electron chi connectivity index (χ2n) is 4.64. The summed E-state index contributed by atoms with van der Waals surface area (Å²) < 4.78 is 10.2. The predicted molar refractivity (Wildman–Crippen MR) is 66.2 cm³/mol. The van der Waals surface area contributed by atoms with E-state index >= 15 is 0 Å². The van der Waals surface area contributed by atoms with Gasteiger partial charge in [-0.15, -0.1) is 0 Å². The summed E-state index contributed by atoms with van der Waals surface area (Å²) in [6, 6.07) is 0. The number of nitrogens with zero attached hydrogens (tertiary/aromatic N) is 3. The fourth-order valence-corrected chi connectivity index (χ4v) is 2.07. The fourth-order valence-electron chi connectivity index (χ4n) is 2.07. The Morgan fingerprint density at radius 1 is 1.45 bits per heavy atom. The molecule has 1 aliphatic rings. The average Bonchev–Trinajstić information content (AvgIpc) is 2.85. The standard InChI is InChI=1S/C12H17N3O5/c1-8-13-11(14-20-8)12(18)15-5-2-9(3-6-15)19-7-4-10(16)17/h9H,2-7H2,1H3,(H,16,17). The molecule has 0 aliphatic carbocycles. The van der Waals surface area contributed by atoms with Crippen LogP contribution < -0.4 is 0 Å². The molecule has 0 unspecified atom stereocenters. The van der Waals surface area contributed by atoms with Crippen LogP contribution in [0.2, 0.25) is 0 Å². The number of likely N-dealkylation sites (tertiary alicyclic amines) is 1. The van der Waals surface area contributed by atoms with Crippen LogP contribution in [0.5, 0.6) is 0 Å². The van der Waals surface area contributed by atoms with Crippen LogP contribution in [-0.4, -0.2) is 57.8 Å². The van der Waals surface area contributed by atoms with Crippen molar-refractivity contribution in [3.05, 3.63) is 11.7 Å². The molecule has 1 fully saturated rings. The van der Waals surface area contributed by atoms with Gasteiger partial charge >= 0.3 is 5.97 Å². The minimum Gasteiger partial charge on any atom is -0.481 e. The molecule has 20 heavy (non-hydrogen) atoms. The van der Waals surface area contributed by atoms with Gasteiger partial charge in [-0.3, -0.25) is 9.59 Å². The summed E-state index contributed by atoms with van der Waals surface area (Å²) in [6.07, 6.45) is 1.37. The summed E-state index contributed by atoms with van der Waals surface area (Å²) in [5.41, 5.74) is 0. The molecule has 1 aromatic rings. The number of hydrogen-bond acceptors (Lipinski definition) is 6. The lowest BCUT2D eigenvalue weighted by Crippen LogP contribution is -2.41. The van der Waals surface area contributed by atoms with Crippen molar-refractivity contribution >= 4 is 11.9 Å². The number of aryl methyl sites for hydroxylation is 1. The van der Waals surface area contributed by atoms with E-state index in [0.717, 1.165) is 0 Å². The van der Waals surface area contributed by atoms with Gasteiger partial charge in [0.1, 0.15) is 0 Å². The lowest BCUT2D eigenvalue weighted by molar-refractivity contribution is -0.138. The predicted octanol–water partition coefficient (Wildman–Crippen LogP) is 0.474. The summed E-state index contributed by atoms with van der Waals surface area (Å²) in [5.74, 6) is -0.677. The third kappa shape index (κ3) is 3.77. The number of carbonyl (C=O) groups excluding carboxylic acids is 1. The van der Waals surface area contributed by atoms with E-state index in [1.807, 2.05) is 0 Å². The van der Waals surface area contributed by atoms with Crippen molar-refractivity contribution < 1.29 is 24.0 Å². The Kier molecular flexibility index (Phi) is 4.67. The molecule has 1 amide bonds. The van der Waals surface area contributed by atoms with Gasteiger partial charge in [-0.05, 0) is 12.8 Å². The molecule has 0 aromatic carbocycles. The number of ether oxygens (including phenoxy) is 1. The van der Waals surface area contributed by atoms with E-state index in [1.54, 1.807) is 11.8 Å². The highest BCUT2D eigenvalue weighted by molar-refractivity contribution is 5.90. The number of aliphatic carboxylic acids is 1. The van der Waals surface area contributed by atoms with E-state index in [4.69, 9.17) is 14.4 Å². The minimum atomic E-state index is -0.870. The van der Waals surface area contributed by atoms with E-state index in [0.29, 0.717) is 31.8 Å². The molecule has 2 heterocycles. The van der Waals surface area contributed by atoms with Crippen molar-refractivity contribution in [1.29, 1.82) is 0 Å². The van der Waals surface area contributed by atoms with Crippen LogP contribution in [0.1, 0.15) is 35.8 Å². The molecule has 1 aromatic heterocycles. The maximum absolute atomic E-state index is 12.0. The zero-order valence-electron chi connectivity index (χ0n) is 11.2. The third-order valence-electron chi connectivity index (χ3n) is 3.12. The Hall–Kier alpha value is -1.96. The van der Waals surface area contributed by atoms with E-state index in [9.17, 15) is 9.59 Å². The van der Waals surface area contributed by atoms with Gasteiger partial charge in [0.15, 0.2) is 0 Å². The number of rotatable bonds is 5. The highest BCUT2D eigenvalue weighted by Crippen LogP contribution is 2.15. The fraction of sp³-hybridized carbons (Fsp3) is 0.667. The smallest absolute Gasteiger partial charge is 0.305 e. The first-order valence-electron chi connectivity index (χ1n) is 6.49. The van der Waals surface area contributed by atoms with Crippen LogP contribution in [0, 0.1) is 6.92 Å². The summed E-state index contributed by atoms with van der Waals surface area (Å²) in [5, 5.41) is 12.1. The van der Waals surface area contributed by atoms with E-state index in [1.165, 1.54) is 0 Å². The van der Waals surface area contributed by atoms with Crippen molar-refractivity contribution in [1.82, 2.24) is 15.0 Å². The molecule has 8 nitrogen and oxygen atoms in total. The van der Waals surface area contributed by atoms with Crippen LogP contribution in [0.3, 0.4) is 0 Å². The monoisotopic (exact) mass is 283 g/mol. The normalized spacial score (nSPS) is 16.4. The maximum Gasteiger partial charge on any atom is 0.305 e. The van der Waals surface area contributed by atoms with Gasteiger partial charge in [0.05, 0.1) is 19.1 Å². The second kappa shape index (κ2) is 6.47. The van der Waals surface area contributed by atoms with Crippen LogP contribution in [0.15, 0.2) is 4.52 Å². The van der Waals surface area contributed by atoms with Gasteiger partial charge in [0.2, 0.25) is 5.89 Å². The molecule has 8 heteroatoms. The van der Waals surface area contributed by atoms with Gasteiger partial charge < -0.3 is 19.3 Å². The van der Waals surface area contributed by atoms with E-state index in [-0.39, 0.29) is 30.9 Å². The molecule has 0 atom stereocenters. The number of carbonyl (C=O) groups is 2. The van der Waals surface area contributed by atoms with Gasteiger partial charge in [0, 0.05) is 20.0 Å². The lowest BCUT2D eigenvalue weighted by Gasteiger charge is -2.31. The Morgan fingerprint density at radius 3 is 2.70 bits per heavy atom. The summed E-state index contributed by atoms with van der Waals surface area (Å²) >= 11 is 0. The van der Waals surface area contributed by atoms with Gasteiger partial charge in [-0.25, -0.2) is 0 Å². The molecular formula is C12H17N3O5. The van der Waals surface area contributed by atoms with Crippen LogP contribution in [-0.2, 0) is 9.53 Å². The summed E-state index contributed by atoms with van der Waals surface area (Å²) in [6.45, 7) is 2.93. The molecule has 0 radical (unpaired) electrons. The highest BCUT2D eigenvalue weighted by atomic mass is 16.5. The Morgan fingerprint density at radius 2 is 2.15 bits per heavy atom. The maximum atomic E-state index is 12.0. The number of carboxylic acid groups (broad SMARTS) is 1. The Labute approximate surface area is 115 Å². The first kappa shape index (κ1) is 14.4. The first-order valence-corrected chi connectivity index (χ1v) is 6.49. The molecule has 1 N–H and O–H groups in total. The Balaban J connectivity index is 1.76. The molecule has 1 aliphatic heterocycles. The van der Waals surface area contributed by atoms with E-state index < -0.39 is 5.97 Å². The molecular weight excluding hydrogens is 266 g/mol. The molecule has 0 saturated carbocycles. The van der Waals surface area contributed by atoms with Gasteiger partial charge in [0.25, 0.3) is 11.7 Å². The number of piperidine rings is 1. The van der Waals surface area contributed by atoms with Crippen LogP contribution >= 0.6 is 0 Å². The topological polar surface area (TPSA) is 106 Å². The average molecular weight is 283 g/mol. The van der Waals surface area contributed by atoms with Crippen molar-refractivity contribution in [3.63, 3.8) is 0 Å². The van der Waals surface area contributed by atoms with E-state index in [2.05, 4.69) is 10.1 Å². The second-order valence-corrected chi connectivity index (χ2v) is 4.64. The van der Waals surface area contributed by atoms with Crippen molar-refractivity contribution in [2.45, 2.75) is 32.3 Å². The number of hydrogen-bond donors (Lipinski definition) is 1. The van der Waals surface area contributed by atoms with Gasteiger partial charge in [-0.2, -0.15) is 4.98 Å². The Bertz CT molecular complexity index is 479. The number of aromatic nitrogens is 2. The molecule has 1 saturated heterocycles. The molecule has 0 spiro atoms. The SMILES string of the molecule is Cc1nc(C(=O)N2CCC(OCCC(=O)O)CC2)no1. The first-order chi connectivity index (χ1) is 9.56. The third-order valence-corrected chi connectivity index (χ3v) is 3.12. The quantitative estimate of drug-likeness (QED) is 0.837. The molecule has 110 valence electrons. The zero-order valence-corrected chi connectivity index (χ0v) is 11.2. The number of carboxylic acids is 1. The molecule has 0 bridgehead atoms. The van der Waals surface area contributed by atoms with Crippen LogP contribution in [0.4, 0.5) is 0 Å². The van der Waals surface area contributed by atoms with Crippen LogP contribution in [0.25, 0.3) is 0 Å². The van der Waals surface area contributed by atoms with Crippen molar-refractivity contribution in [2.75, 3.05) is 19.7 Å². The minimum absolute atomic E-state index is 0.00127. The lowest BCUT2D eigenvalue weighted by atomic mass is 10.1. The highest BCUT2D eigenvalue weighted by Gasteiger charge is 2.26. The summed E-state index contributed by atoms with van der Waals surface area (Å²) in [7, 11) is 0. The van der Waals surface area contributed by atoms with Crippen molar-refractivity contribution in [3.8, 4) is 0 Å².